The first-order chi connectivity index (χ1) is 16.7. The van der Waals surface area contributed by atoms with E-state index in [2.05, 4.69) is 18.5 Å². The fourth-order valence-electron chi connectivity index (χ4n) is 4.37. The second kappa shape index (κ2) is 13.8. The van der Waals surface area contributed by atoms with Gasteiger partial charge in [-0.2, -0.15) is 0 Å². The summed E-state index contributed by atoms with van der Waals surface area (Å²) in [5.41, 5.74) is 0.226. The largest absolute Gasteiger partial charge is 0.463 e. The van der Waals surface area contributed by atoms with Crippen LogP contribution in [0.25, 0.3) is 0 Å². The average Bonchev–Trinajstić information content (AvgIpc) is 3.31. The molecule has 192 valence electrons. The zero-order valence-corrected chi connectivity index (χ0v) is 21.1. The molecular weight excluding hydrogens is 444 g/mol. The van der Waals surface area contributed by atoms with Gasteiger partial charge in [-0.1, -0.05) is 42.5 Å². The molecule has 7 nitrogen and oxygen atoms in total. The predicted molar refractivity (Wildman–Crippen MR) is 136 cm³/mol. The van der Waals surface area contributed by atoms with Gasteiger partial charge < -0.3 is 20.1 Å². The van der Waals surface area contributed by atoms with E-state index < -0.39 is 11.5 Å². The van der Waals surface area contributed by atoms with E-state index in [1.807, 2.05) is 30.3 Å². The Kier molecular flexibility index (Phi) is 11.2. The molecular formula is C28H40N2O5. The average molecular weight is 485 g/mol. The summed E-state index contributed by atoms with van der Waals surface area (Å²) in [5, 5.41) is 12.4. The Hall–Kier alpha value is -2.93. The summed E-state index contributed by atoms with van der Waals surface area (Å²) in [4.78, 5) is 40.3. The smallest absolute Gasteiger partial charge is 0.309 e. The van der Waals surface area contributed by atoms with Gasteiger partial charge in [0, 0.05) is 13.0 Å². The maximum Gasteiger partial charge on any atom is 0.309 e. The van der Waals surface area contributed by atoms with Crippen molar-refractivity contribution < 1.29 is 24.2 Å². The van der Waals surface area contributed by atoms with Crippen LogP contribution in [0.4, 0.5) is 0 Å². The molecule has 1 saturated heterocycles. The number of nitrogens with zero attached hydrogens (tertiary/aromatic N) is 1. The van der Waals surface area contributed by atoms with Crippen molar-refractivity contribution >= 4 is 17.8 Å². The number of nitrogens with one attached hydrogen (secondary N) is 1. The third kappa shape index (κ3) is 8.98. The number of rotatable bonds is 14. The first-order valence-electron chi connectivity index (χ1n) is 12.4. The summed E-state index contributed by atoms with van der Waals surface area (Å²) < 4.78 is 5.60. The molecule has 1 aliphatic heterocycles. The number of ether oxygens (including phenoxy) is 1. The first-order valence-corrected chi connectivity index (χ1v) is 12.4. The van der Waals surface area contributed by atoms with Gasteiger partial charge in [0.15, 0.2) is 0 Å². The van der Waals surface area contributed by atoms with E-state index in [0.717, 1.165) is 18.4 Å². The molecule has 2 rings (SSSR count). The zero-order chi connectivity index (χ0) is 25.8. The van der Waals surface area contributed by atoms with E-state index in [1.165, 1.54) is 0 Å². The Morgan fingerprint density at radius 1 is 1.17 bits per heavy atom. The van der Waals surface area contributed by atoms with Crippen molar-refractivity contribution in [1.29, 1.82) is 0 Å². The molecule has 1 aromatic carbocycles. The maximum absolute atomic E-state index is 13.0. The Morgan fingerprint density at radius 2 is 1.83 bits per heavy atom. The number of benzene rings is 1. The molecule has 0 bridgehead atoms. The van der Waals surface area contributed by atoms with Crippen LogP contribution in [-0.4, -0.2) is 59.1 Å². The zero-order valence-electron chi connectivity index (χ0n) is 21.1. The van der Waals surface area contributed by atoms with E-state index in [4.69, 9.17) is 4.74 Å². The minimum Gasteiger partial charge on any atom is -0.463 e. The highest BCUT2D eigenvalue weighted by Crippen LogP contribution is 2.22. The van der Waals surface area contributed by atoms with Gasteiger partial charge >= 0.3 is 5.97 Å². The van der Waals surface area contributed by atoms with E-state index in [0.29, 0.717) is 25.8 Å². The van der Waals surface area contributed by atoms with Crippen molar-refractivity contribution in [3.8, 4) is 0 Å². The molecule has 3 unspecified atom stereocenters. The summed E-state index contributed by atoms with van der Waals surface area (Å²) >= 11 is 0. The summed E-state index contributed by atoms with van der Waals surface area (Å²) in [7, 11) is 0. The summed E-state index contributed by atoms with van der Waals surface area (Å²) in [6.45, 7) is 11.6. The fourth-order valence-corrected chi connectivity index (χ4v) is 4.37. The molecule has 1 aliphatic rings. The minimum absolute atomic E-state index is 0.00741. The van der Waals surface area contributed by atoms with Gasteiger partial charge in [0.05, 0.1) is 30.0 Å². The molecule has 3 atom stereocenters. The maximum atomic E-state index is 13.0. The standard InChI is InChI=1S/C28H40N2O5/c1-5-11-22(18-25(32)30-16-10-15-24(30)19-31)26(33)29-28(3,4)20-35-27(34)23(12-6-2)17-21-13-8-7-9-14-21/h5-9,13-14,22-24,31H,1-2,10-12,15-20H2,3-4H3,(H,29,33). The van der Waals surface area contributed by atoms with Crippen molar-refractivity contribution in [2.45, 2.75) is 64.0 Å². The van der Waals surface area contributed by atoms with Gasteiger partial charge in [-0.25, -0.2) is 0 Å². The summed E-state index contributed by atoms with van der Waals surface area (Å²) in [5.74, 6) is -1.70. The number of likely N-dealkylation sites (tertiary alicyclic amines) is 1. The van der Waals surface area contributed by atoms with Crippen molar-refractivity contribution in [2.24, 2.45) is 11.8 Å². The third-order valence-corrected chi connectivity index (χ3v) is 6.30. The quantitative estimate of drug-likeness (QED) is 0.312. The van der Waals surface area contributed by atoms with Gasteiger partial charge in [0.25, 0.3) is 0 Å². The van der Waals surface area contributed by atoms with Gasteiger partial charge in [-0.15, -0.1) is 13.2 Å². The fraction of sp³-hybridized carbons (Fsp3) is 0.536. The highest BCUT2D eigenvalue weighted by atomic mass is 16.5. The van der Waals surface area contributed by atoms with Gasteiger partial charge in [0.2, 0.25) is 11.8 Å². The molecule has 0 aromatic heterocycles. The van der Waals surface area contributed by atoms with E-state index >= 15 is 0 Å². The minimum atomic E-state index is -0.817. The Labute approximate surface area is 209 Å². The predicted octanol–water partition coefficient (Wildman–Crippen LogP) is 3.43. The summed E-state index contributed by atoms with van der Waals surface area (Å²) in [6.07, 6.45) is 6.40. The Morgan fingerprint density at radius 3 is 2.46 bits per heavy atom. The van der Waals surface area contributed by atoms with Gasteiger partial charge in [0.1, 0.15) is 6.61 Å². The highest BCUT2D eigenvalue weighted by molar-refractivity contribution is 5.86. The highest BCUT2D eigenvalue weighted by Gasteiger charge is 2.33. The van der Waals surface area contributed by atoms with Crippen molar-refractivity contribution in [2.75, 3.05) is 19.8 Å². The molecule has 0 saturated carbocycles. The molecule has 35 heavy (non-hydrogen) atoms. The normalized spacial score (nSPS) is 17.3. The molecule has 0 spiro atoms. The van der Waals surface area contributed by atoms with Crippen molar-refractivity contribution in [3.63, 3.8) is 0 Å². The van der Waals surface area contributed by atoms with E-state index in [1.54, 1.807) is 30.9 Å². The molecule has 7 heteroatoms. The molecule has 2 amide bonds. The van der Waals surface area contributed by atoms with Crippen LogP contribution in [0.5, 0.6) is 0 Å². The van der Waals surface area contributed by atoms with Crippen LogP contribution in [0, 0.1) is 11.8 Å². The SMILES string of the molecule is C=CCC(CC(=O)N1CCCC1CO)C(=O)NC(C)(C)COC(=O)C(CC=C)Cc1ccccc1. The Bertz CT molecular complexity index is 867. The van der Waals surface area contributed by atoms with Gasteiger partial charge in [-0.3, -0.25) is 14.4 Å². The number of amides is 2. The number of carbonyl (C=O) groups excluding carboxylic acids is 3. The number of hydrogen-bond donors (Lipinski definition) is 2. The van der Waals surface area contributed by atoms with Gasteiger partial charge in [-0.05, 0) is 51.5 Å². The number of hydrogen-bond acceptors (Lipinski definition) is 5. The van der Waals surface area contributed by atoms with Crippen LogP contribution >= 0.6 is 0 Å². The molecule has 0 radical (unpaired) electrons. The Balaban J connectivity index is 1.94. The van der Waals surface area contributed by atoms with E-state index in [9.17, 15) is 19.5 Å². The van der Waals surface area contributed by atoms with Crippen LogP contribution < -0.4 is 5.32 Å². The number of aliphatic hydroxyl groups excluding tert-OH is 1. The van der Waals surface area contributed by atoms with Crippen LogP contribution in [-0.2, 0) is 25.5 Å². The lowest BCUT2D eigenvalue weighted by Gasteiger charge is -2.30. The number of allylic oxidation sites excluding steroid dienone is 2. The lowest BCUT2D eigenvalue weighted by Crippen LogP contribution is -2.50. The number of esters is 1. The van der Waals surface area contributed by atoms with Crippen LogP contribution in [0.2, 0.25) is 0 Å². The lowest BCUT2D eigenvalue weighted by molar-refractivity contribution is -0.151. The number of carbonyl (C=O) groups is 3. The molecule has 1 heterocycles. The van der Waals surface area contributed by atoms with Crippen LogP contribution in [0.1, 0.15) is 51.5 Å². The molecule has 0 aliphatic carbocycles. The first kappa shape index (κ1) is 28.3. The summed E-state index contributed by atoms with van der Waals surface area (Å²) in [6, 6.07) is 9.56. The van der Waals surface area contributed by atoms with Crippen LogP contribution in [0.3, 0.4) is 0 Å². The molecule has 1 fully saturated rings. The second-order valence-corrected chi connectivity index (χ2v) is 9.88. The molecule has 2 N–H and O–H groups in total. The van der Waals surface area contributed by atoms with Crippen molar-refractivity contribution in [3.05, 3.63) is 61.2 Å². The third-order valence-electron chi connectivity index (χ3n) is 6.30. The van der Waals surface area contributed by atoms with Crippen LogP contribution in [0.15, 0.2) is 55.6 Å². The number of aliphatic hydroxyl groups is 1. The van der Waals surface area contributed by atoms with Crippen molar-refractivity contribution in [1.82, 2.24) is 10.2 Å². The topological polar surface area (TPSA) is 95.9 Å². The lowest BCUT2D eigenvalue weighted by atomic mass is 9.96. The second-order valence-electron chi connectivity index (χ2n) is 9.88. The monoisotopic (exact) mass is 484 g/mol. The van der Waals surface area contributed by atoms with E-state index in [-0.39, 0.29) is 49.4 Å². The molecule has 1 aromatic rings.